The number of nitrogens with two attached hydrogens (primary N) is 1. The molecule has 1 amide bonds. The molecule has 0 aromatic heterocycles. The highest BCUT2D eigenvalue weighted by molar-refractivity contribution is 7.92. The summed E-state index contributed by atoms with van der Waals surface area (Å²) in [6, 6.07) is 6.94. The van der Waals surface area contributed by atoms with E-state index in [2.05, 4.69) is 4.72 Å². The van der Waals surface area contributed by atoms with Gasteiger partial charge in [-0.1, -0.05) is 12.1 Å². The van der Waals surface area contributed by atoms with Crippen molar-refractivity contribution in [1.29, 1.82) is 0 Å². The van der Waals surface area contributed by atoms with Crippen molar-refractivity contribution >= 4 is 21.6 Å². The van der Waals surface area contributed by atoms with Crippen molar-refractivity contribution in [1.82, 2.24) is 4.90 Å². The minimum Gasteiger partial charge on any atom is -0.338 e. The van der Waals surface area contributed by atoms with Gasteiger partial charge in [-0.15, -0.1) is 0 Å². The third-order valence-corrected chi connectivity index (χ3v) is 6.29. The minimum absolute atomic E-state index is 0.0295. The molecular weight excluding hydrogens is 314 g/mol. The number of likely N-dealkylation sites (tertiary alicyclic amines) is 1. The number of hydrogen-bond donors (Lipinski definition) is 2. The van der Waals surface area contributed by atoms with Gasteiger partial charge < -0.3 is 10.6 Å². The zero-order valence-corrected chi connectivity index (χ0v) is 14.1. The van der Waals surface area contributed by atoms with Gasteiger partial charge in [-0.25, -0.2) is 8.42 Å². The van der Waals surface area contributed by atoms with E-state index >= 15 is 0 Å². The predicted octanol–water partition coefficient (Wildman–Crippen LogP) is 1.26. The Balaban J connectivity index is 1.81. The van der Waals surface area contributed by atoms with Crippen molar-refractivity contribution in [3.8, 4) is 0 Å². The van der Waals surface area contributed by atoms with Crippen molar-refractivity contribution in [3.05, 3.63) is 29.8 Å². The number of sulfonamides is 1. The molecule has 2 fully saturated rings. The number of anilines is 1. The van der Waals surface area contributed by atoms with Gasteiger partial charge in [0.2, 0.25) is 10.0 Å². The Hall–Kier alpha value is -1.60. The molecule has 7 heteroatoms. The summed E-state index contributed by atoms with van der Waals surface area (Å²) < 4.78 is 26.1. The van der Waals surface area contributed by atoms with Crippen molar-refractivity contribution < 1.29 is 13.2 Å². The number of nitrogens with zero attached hydrogens (tertiary/aromatic N) is 1. The molecule has 0 spiro atoms. The molecule has 1 heterocycles. The second-order valence-corrected chi connectivity index (χ2v) is 8.44. The predicted molar refractivity (Wildman–Crippen MR) is 89.6 cm³/mol. The average Bonchev–Trinajstić information content (AvgIpc) is 3.09. The highest BCUT2D eigenvalue weighted by atomic mass is 32.2. The van der Waals surface area contributed by atoms with Crippen LogP contribution >= 0.6 is 0 Å². The Morgan fingerprint density at radius 1 is 1.30 bits per heavy atom. The molecule has 6 nitrogen and oxygen atoms in total. The van der Waals surface area contributed by atoms with Crippen LogP contribution in [0.15, 0.2) is 24.3 Å². The third kappa shape index (κ3) is 3.21. The van der Waals surface area contributed by atoms with E-state index in [-0.39, 0.29) is 17.7 Å². The SMILES string of the molecule is CCS(=O)(=O)Nc1ccccc1C(=O)N1CC2CCC(N)C2C1. The van der Waals surface area contributed by atoms with Crippen LogP contribution in [0.5, 0.6) is 0 Å². The van der Waals surface area contributed by atoms with Crippen molar-refractivity contribution in [2.24, 2.45) is 17.6 Å². The van der Waals surface area contributed by atoms with E-state index in [1.807, 2.05) is 4.90 Å². The van der Waals surface area contributed by atoms with Crippen LogP contribution in [0.4, 0.5) is 5.69 Å². The van der Waals surface area contributed by atoms with E-state index in [4.69, 9.17) is 5.73 Å². The van der Waals surface area contributed by atoms with Crippen LogP contribution < -0.4 is 10.5 Å². The van der Waals surface area contributed by atoms with Crippen LogP contribution in [0.25, 0.3) is 0 Å². The maximum atomic E-state index is 12.8. The van der Waals surface area contributed by atoms with Crippen molar-refractivity contribution in [3.63, 3.8) is 0 Å². The standard InChI is InChI=1S/C16H23N3O3S/c1-2-23(21,22)18-15-6-4-3-5-12(15)16(20)19-9-11-7-8-14(17)13(11)10-19/h3-6,11,13-14,18H,2,7-10,17H2,1H3. The fraction of sp³-hybridized carbons (Fsp3) is 0.562. The molecule has 1 aromatic rings. The fourth-order valence-electron chi connectivity index (χ4n) is 3.64. The molecule has 23 heavy (non-hydrogen) atoms. The topological polar surface area (TPSA) is 92.5 Å². The number of carbonyl (C=O) groups is 1. The summed E-state index contributed by atoms with van der Waals surface area (Å²) in [4.78, 5) is 14.6. The lowest BCUT2D eigenvalue weighted by atomic mass is 9.98. The molecule has 3 N–H and O–H groups in total. The Bertz CT molecular complexity index is 704. The third-order valence-electron chi connectivity index (χ3n) is 5.00. The first kappa shape index (κ1) is 16.3. The van der Waals surface area contributed by atoms with E-state index in [9.17, 15) is 13.2 Å². The van der Waals surface area contributed by atoms with E-state index < -0.39 is 10.0 Å². The maximum Gasteiger partial charge on any atom is 0.256 e. The molecule has 0 radical (unpaired) electrons. The van der Waals surface area contributed by atoms with E-state index in [1.54, 1.807) is 31.2 Å². The van der Waals surface area contributed by atoms with Gasteiger partial charge >= 0.3 is 0 Å². The molecule has 1 aliphatic carbocycles. The normalized spacial score (nSPS) is 27.0. The number of nitrogens with one attached hydrogen (secondary N) is 1. The molecule has 0 bridgehead atoms. The van der Waals surface area contributed by atoms with Crippen LogP contribution in [-0.4, -0.2) is 44.1 Å². The number of benzene rings is 1. The largest absolute Gasteiger partial charge is 0.338 e. The quantitative estimate of drug-likeness (QED) is 0.865. The van der Waals surface area contributed by atoms with Crippen LogP contribution in [-0.2, 0) is 10.0 Å². The number of para-hydroxylation sites is 1. The summed E-state index contributed by atoms with van der Waals surface area (Å²) in [7, 11) is -3.42. The van der Waals surface area contributed by atoms with E-state index in [0.717, 1.165) is 12.8 Å². The minimum atomic E-state index is -3.42. The van der Waals surface area contributed by atoms with Gasteiger partial charge in [-0.2, -0.15) is 0 Å². The Morgan fingerprint density at radius 2 is 2.04 bits per heavy atom. The molecule has 1 aliphatic heterocycles. The summed E-state index contributed by atoms with van der Waals surface area (Å²) in [6.45, 7) is 2.95. The van der Waals surface area contributed by atoms with Gasteiger partial charge in [0.1, 0.15) is 0 Å². The van der Waals surface area contributed by atoms with Crippen molar-refractivity contribution in [2.45, 2.75) is 25.8 Å². The Morgan fingerprint density at radius 3 is 2.74 bits per heavy atom. The lowest BCUT2D eigenvalue weighted by molar-refractivity contribution is 0.0780. The van der Waals surface area contributed by atoms with Gasteiger partial charge in [0.25, 0.3) is 5.91 Å². The van der Waals surface area contributed by atoms with Crippen molar-refractivity contribution in [2.75, 3.05) is 23.6 Å². The van der Waals surface area contributed by atoms with Crippen LogP contribution in [0, 0.1) is 11.8 Å². The van der Waals surface area contributed by atoms with E-state index in [0.29, 0.717) is 36.2 Å². The number of rotatable bonds is 4. The zero-order chi connectivity index (χ0) is 16.6. The first-order chi connectivity index (χ1) is 10.9. The lowest BCUT2D eigenvalue weighted by Crippen LogP contribution is -2.34. The molecule has 2 aliphatic rings. The van der Waals surface area contributed by atoms with Gasteiger partial charge in [-0.3, -0.25) is 9.52 Å². The zero-order valence-electron chi connectivity index (χ0n) is 13.2. The fourth-order valence-corrected chi connectivity index (χ4v) is 4.30. The second kappa shape index (κ2) is 6.13. The molecule has 1 aromatic carbocycles. The number of carbonyl (C=O) groups excluding carboxylic acids is 1. The number of hydrogen-bond acceptors (Lipinski definition) is 4. The summed E-state index contributed by atoms with van der Waals surface area (Å²) in [5.41, 5.74) is 6.87. The smallest absolute Gasteiger partial charge is 0.256 e. The molecule has 1 saturated carbocycles. The van der Waals surface area contributed by atoms with Crippen LogP contribution in [0.3, 0.4) is 0 Å². The summed E-state index contributed by atoms with van der Waals surface area (Å²) >= 11 is 0. The Kier molecular flexibility index (Phi) is 4.33. The lowest BCUT2D eigenvalue weighted by Gasteiger charge is -2.20. The van der Waals surface area contributed by atoms with Crippen LogP contribution in [0.1, 0.15) is 30.1 Å². The van der Waals surface area contributed by atoms with Gasteiger partial charge in [0.05, 0.1) is 17.0 Å². The summed E-state index contributed by atoms with van der Waals surface area (Å²) in [5.74, 6) is 0.700. The highest BCUT2D eigenvalue weighted by Crippen LogP contribution is 2.38. The molecule has 126 valence electrons. The van der Waals surface area contributed by atoms with Gasteiger partial charge in [0, 0.05) is 19.1 Å². The summed E-state index contributed by atoms with van der Waals surface area (Å²) in [5, 5.41) is 0. The van der Waals surface area contributed by atoms with Crippen LogP contribution in [0.2, 0.25) is 0 Å². The van der Waals surface area contributed by atoms with Gasteiger partial charge in [-0.05, 0) is 43.7 Å². The molecule has 1 saturated heterocycles. The molecular formula is C16H23N3O3S. The number of fused-ring (bicyclic) bond motifs is 1. The monoisotopic (exact) mass is 337 g/mol. The number of amides is 1. The maximum absolute atomic E-state index is 12.8. The highest BCUT2D eigenvalue weighted by Gasteiger charge is 2.42. The molecule has 3 atom stereocenters. The van der Waals surface area contributed by atoms with E-state index in [1.165, 1.54) is 0 Å². The summed E-state index contributed by atoms with van der Waals surface area (Å²) in [6.07, 6.45) is 2.10. The Labute approximate surface area is 137 Å². The van der Waals surface area contributed by atoms with Gasteiger partial charge in [0.15, 0.2) is 0 Å². The molecule has 3 rings (SSSR count). The first-order valence-corrected chi connectivity index (χ1v) is 9.71. The first-order valence-electron chi connectivity index (χ1n) is 8.05. The second-order valence-electron chi connectivity index (χ2n) is 6.43. The molecule has 3 unspecified atom stereocenters. The average molecular weight is 337 g/mol.